The number of carbonyl (C=O) groups excluding carboxylic acids is 2. The van der Waals surface area contributed by atoms with E-state index in [2.05, 4.69) is 15.6 Å². The number of fused-ring (bicyclic) bond motifs is 1. The Kier molecular flexibility index (Phi) is 7.35. The van der Waals surface area contributed by atoms with E-state index in [0.29, 0.717) is 33.3 Å². The smallest absolute Gasteiger partial charge is 0.321 e. The van der Waals surface area contributed by atoms with Gasteiger partial charge in [-0.1, -0.05) is 55.4 Å². The molecule has 0 aliphatic rings. The molecule has 1 aromatic heterocycles. The highest BCUT2D eigenvalue weighted by Gasteiger charge is 2.22. The number of nitrogens with one attached hydrogen (secondary N) is 2. The first-order valence-electron chi connectivity index (χ1n) is 9.79. The third kappa shape index (κ3) is 5.65. The van der Waals surface area contributed by atoms with Crippen molar-refractivity contribution in [3.8, 4) is 5.69 Å². The fraction of sp³-hybridized carbons (Fsp3) is 0.273. The van der Waals surface area contributed by atoms with Gasteiger partial charge >= 0.3 is 6.03 Å². The normalized spacial score (nSPS) is 12.0. The molecule has 0 unspecified atom stereocenters. The summed E-state index contributed by atoms with van der Waals surface area (Å²) in [5.41, 5.74) is 0.800. The summed E-state index contributed by atoms with van der Waals surface area (Å²) in [6.45, 7) is 6.03. The molecule has 2 N–H and O–H groups in total. The number of rotatable bonds is 6. The second kappa shape index (κ2) is 9.98. The van der Waals surface area contributed by atoms with Crippen LogP contribution in [0.5, 0.6) is 0 Å². The van der Waals surface area contributed by atoms with Crippen molar-refractivity contribution in [1.29, 1.82) is 0 Å². The van der Waals surface area contributed by atoms with Crippen molar-refractivity contribution in [2.45, 2.75) is 31.2 Å². The molecule has 162 valence electrons. The van der Waals surface area contributed by atoms with Gasteiger partial charge in [0, 0.05) is 11.6 Å². The van der Waals surface area contributed by atoms with Crippen LogP contribution < -0.4 is 16.2 Å². The van der Waals surface area contributed by atoms with E-state index in [4.69, 9.17) is 11.6 Å². The zero-order valence-electron chi connectivity index (χ0n) is 17.4. The summed E-state index contributed by atoms with van der Waals surface area (Å²) in [5.74, 6) is -0.215. The van der Waals surface area contributed by atoms with E-state index >= 15 is 0 Å². The number of halogens is 1. The van der Waals surface area contributed by atoms with Crippen LogP contribution in [0, 0.1) is 5.92 Å². The largest absolute Gasteiger partial charge is 0.338 e. The predicted molar refractivity (Wildman–Crippen MR) is 124 cm³/mol. The summed E-state index contributed by atoms with van der Waals surface area (Å²) in [4.78, 5) is 42.3. The number of para-hydroxylation sites is 1. The molecule has 0 spiro atoms. The number of benzene rings is 2. The molecular formula is C22H23ClN4O3S. The zero-order chi connectivity index (χ0) is 22.5. The van der Waals surface area contributed by atoms with Gasteiger partial charge in [-0.05, 0) is 43.2 Å². The molecule has 0 saturated carbocycles. The van der Waals surface area contributed by atoms with E-state index in [9.17, 15) is 14.4 Å². The van der Waals surface area contributed by atoms with Gasteiger partial charge < -0.3 is 5.32 Å². The van der Waals surface area contributed by atoms with Crippen LogP contribution in [0.15, 0.2) is 58.5 Å². The first kappa shape index (κ1) is 22.8. The summed E-state index contributed by atoms with van der Waals surface area (Å²) in [6.07, 6.45) is 0. The maximum Gasteiger partial charge on any atom is 0.321 e. The molecule has 0 fully saturated rings. The Labute approximate surface area is 189 Å². The molecule has 0 saturated heterocycles. The second-order valence-corrected chi connectivity index (χ2v) is 9.13. The van der Waals surface area contributed by atoms with Gasteiger partial charge in [-0.15, -0.1) is 0 Å². The Morgan fingerprint density at radius 1 is 1.13 bits per heavy atom. The Balaban J connectivity index is 1.94. The van der Waals surface area contributed by atoms with Crippen molar-refractivity contribution in [2.75, 3.05) is 6.54 Å². The molecule has 0 bridgehead atoms. The van der Waals surface area contributed by atoms with Gasteiger partial charge in [-0.25, -0.2) is 9.78 Å². The van der Waals surface area contributed by atoms with Crippen molar-refractivity contribution in [1.82, 2.24) is 20.2 Å². The number of imide groups is 1. The van der Waals surface area contributed by atoms with Crippen LogP contribution in [-0.4, -0.2) is 33.3 Å². The van der Waals surface area contributed by atoms with Gasteiger partial charge in [0.25, 0.3) is 5.56 Å². The number of nitrogens with zero attached hydrogens (tertiary/aromatic N) is 2. The van der Waals surface area contributed by atoms with Gasteiger partial charge in [0.05, 0.1) is 21.8 Å². The maximum absolute atomic E-state index is 13.2. The Hall–Kier alpha value is -2.84. The maximum atomic E-state index is 13.2. The summed E-state index contributed by atoms with van der Waals surface area (Å²) >= 11 is 7.22. The molecule has 9 heteroatoms. The average molecular weight is 459 g/mol. The molecule has 0 radical (unpaired) electrons. The summed E-state index contributed by atoms with van der Waals surface area (Å²) in [7, 11) is 0. The standard InChI is InChI=1S/C22H23ClN4O3S/c1-13(2)12-24-21(30)26-19(28)14(3)31-22-25-18-10-5-4-9-17(18)20(29)27(22)16-8-6-7-15(23)11-16/h4-11,13-14H,12H2,1-3H3,(H2,24,26,28,30)/t14-/m0/s1. The van der Waals surface area contributed by atoms with Crippen molar-refractivity contribution < 1.29 is 9.59 Å². The Morgan fingerprint density at radius 2 is 1.87 bits per heavy atom. The molecular weight excluding hydrogens is 436 g/mol. The highest BCUT2D eigenvalue weighted by atomic mass is 35.5. The molecule has 3 aromatic rings. The summed E-state index contributed by atoms with van der Waals surface area (Å²) < 4.78 is 1.43. The average Bonchev–Trinajstić information content (AvgIpc) is 2.72. The molecule has 31 heavy (non-hydrogen) atoms. The molecule has 3 amide bonds. The number of hydrogen-bond acceptors (Lipinski definition) is 5. The molecule has 1 heterocycles. The number of amides is 3. The van der Waals surface area contributed by atoms with E-state index < -0.39 is 17.2 Å². The zero-order valence-corrected chi connectivity index (χ0v) is 19.0. The van der Waals surface area contributed by atoms with E-state index in [1.807, 2.05) is 13.8 Å². The van der Waals surface area contributed by atoms with Crippen molar-refractivity contribution in [2.24, 2.45) is 5.92 Å². The van der Waals surface area contributed by atoms with Crippen LogP contribution in [0.25, 0.3) is 16.6 Å². The lowest BCUT2D eigenvalue weighted by Crippen LogP contribution is -2.43. The third-order valence-electron chi connectivity index (χ3n) is 4.37. The van der Waals surface area contributed by atoms with Crippen molar-refractivity contribution >= 4 is 46.2 Å². The molecule has 0 aliphatic carbocycles. The minimum absolute atomic E-state index is 0.265. The minimum atomic E-state index is -0.678. The van der Waals surface area contributed by atoms with Gasteiger partial charge in [-0.3, -0.25) is 19.5 Å². The van der Waals surface area contributed by atoms with E-state index in [1.54, 1.807) is 55.5 Å². The molecule has 0 aliphatic heterocycles. The number of carbonyl (C=O) groups is 2. The van der Waals surface area contributed by atoms with E-state index in [0.717, 1.165) is 11.8 Å². The second-order valence-electron chi connectivity index (χ2n) is 7.39. The molecule has 2 aromatic carbocycles. The number of hydrogen-bond donors (Lipinski definition) is 2. The summed E-state index contributed by atoms with van der Waals surface area (Å²) in [6, 6.07) is 13.3. The first-order chi connectivity index (χ1) is 14.8. The minimum Gasteiger partial charge on any atom is -0.338 e. The lowest BCUT2D eigenvalue weighted by Gasteiger charge is -2.16. The predicted octanol–water partition coefficient (Wildman–Crippen LogP) is 4.00. The SMILES string of the molecule is CC(C)CNC(=O)NC(=O)[C@H](C)Sc1nc2ccccc2c(=O)n1-c1cccc(Cl)c1. The fourth-order valence-corrected chi connectivity index (χ4v) is 3.91. The topological polar surface area (TPSA) is 93.1 Å². The fourth-order valence-electron chi connectivity index (χ4n) is 2.80. The molecule has 3 rings (SSSR count). The van der Waals surface area contributed by atoms with E-state index in [1.165, 1.54) is 4.57 Å². The highest BCUT2D eigenvalue weighted by Crippen LogP contribution is 2.26. The summed E-state index contributed by atoms with van der Waals surface area (Å²) in [5, 5.41) is 5.55. The van der Waals surface area contributed by atoms with Gasteiger partial charge in [0.2, 0.25) is 5.91 Å². The number of thioether (sulfide) groups is 1. The van der Waals surface area contributed by atoms with Crippen LogP contribution >= 0.6 is 23.4 Å². The lowest BCUT2D eigenvalue weighted by atomic mass is 10.2. The van der Waals surface area contributed by atoms with Crippen LogP contribution in [0.3, 0.4) is 0 Å². The van der Waals surface area contributed by atoms with Crippen LogP contribution in [0.4, 0.5) is 4.79 Å². The van der Waals surface area contributed by atoms with E-state index in [-0.39, 0.29) is 11.5 Å². The first-order valence-corrected chi connectivity index (χ1v) is 11.0. The third-order valence-corrected chi connectivity index (χ3v) is 5.66. The van der Waals surface area contributed by atoms with Gasteiger partial charge in [0.1, 0.15) is 0 Å². The Bertz CT molecular complexity index is 1180. The van der Waals surface area contributed by atoms with Crippen LogP contribution in [-0.2, 0) is 4.79 Å². The lowest BCUT2D eigenvalue weighted by molar-refractivity contribution is -0.119. The van der Waals surface area contributed by atoms with Crippen LogP contribution in [0.2, 0.25) is 5.02 Å². The van der Waals surface area contributed by atoms with Crippen molar-refractivity contribution in [3.05, 3.63) is 63.9 Å². The quantitative estimate of drug-likeness (QED) is 0.430. The molecule has 1 atom stereocenters. The Morgan fingerprint density at radius 3 is 2.58 bits per heavy atom. The van der Waals surface area contributed by atoms with Crippen LogP contribution in [0.1, 0.15) is 20.8 Å². The monoisotopic (exact) mass is 458 g/mol. The van der Waals surface area contributed by atoms with Crippen molar-refractivity contribution in [3.63, 3.8) is 0 Å². The number of aromatic nitrogens is 2. The highest BCUT2D eigenvalue weighted by molar-refractivity contribution is 8.00. The van der Waals surface area contributed by atoms with Gasteiger partial charge in [0.15, 0.2) is 5.16 Å². The number of urea groups is 1. The molecule has 7 nitrogen and oxygen atoms in total. The van der Waals surface area contributed by atoms with Gasteiger partial charge in [-0.2, -0.15) is 0 Å².